The Labute approximate surface area is 117 Å². The molecule has 0 unspecified atom stereocenters. The predicted molar refractivity (Wildman–Crippen MR) is 76.9 cm³/mol. The van der Waals surface area contributed by atoms with Crippen LogP contribution in [0.4, 0.5) is 5.69 Å². The van der Waals surface area contributed by atoms with Crippen molar-refractivity contribution in [3.05, 3.63) is 23.8 Å². The van der Waals surface area contributed by atoms with E-state index >= 15 is 0 Å². The van der Waals surface area contributed by atoms with Gasteiger partial charge in [0, 0.05) is 16.5 Å². The quantitative estimate of drug-likeness (QED) is 0.777. The van der Waals surface area contributed by atoms with Gasteiger partial charge >= 0.3 is 0 Å². The second-order valence-corrected chi connectivity index (χ2v) is 6.25. The van der Waals surface area contributed by atoms with Crippen LogP contribution in [-0.4, -0.2) is 23.5 Å². The summed E-state index contributed by atoms with van der Waals surface area (Å²) < 4.78 is 0. The molecule has 1 aromatic rings. The zero-order chi connectivity index (χ0) is 13.4. The zero-order valence-electron chi connectivity index (χ0n) is 11.0. The van der Waals surface area contributed by atoms with Crippen LogP contribution in [0, 0.1) is 0 Å². The molecular weight excluding hydrogens is 258 g/mol. The average molecular weight is 275 g/mol. The maximum absolute atomic E-state index is 12.2. The Bertz CT molecular complexity index is 535. The molecule has 0 aromatic heterocycles. The van der Waals surface area contributed by atoms with Crippen LogP contribution in [0.25, 0.3) is 0 Å². The van der Waals surface area contributed by atoms with Crippen LogP contribution in [-0.2, 0) is 4.79 Å². The van der Waals surface area contributed by atoms with Crippen LogP contribution in [0.1, 0.15) is 43.0 Å². The van der Waals surface area contributed by atoms with Gasteiger partial charge in [-0.15, -0.1) is 11.8 Å². The third-order valence-electron chi connectivity index (χ3n) is 3.93. The number of nitrogens with zero attached hydrogens (tertiary/aromatic N) is 1. The van der Waals surface area contributed by atoms with E-state index < -0.39 is 0 Å². The number of hydrogen-bond acceptors (Lipinski definition) is 3. The fourth-order valence-electron chi connectivity index (χ4n) is 2.95. The summed E-state index contributed by atoms with van der Waals surface area (Å²) in [6, 6.07) is 6.05. The molecule has 0 spiro atoms. The standard InChI is InChI=1S/C15H17NO2S/c1-10(17)11-6-7-14-13(8-11)16(15(18)9-19-14)12-4-2-3-5-12/h6-8,12H,2-5,9H2,1H3. The molecule has 1 fully saturated rings. The third kappa shape index (κ3) is 2.29. The highest BCUT2D eigenvalue weighted by molar-refractivity contribution is 8.00. The van der Waals surface area contributed by atoms with Gasteiger partial charge in [-0.2, -0.15) is 0 Å². The van der Waals surface area contributed by atoms with Crippen molar-refractivity contribution in [1.29, 1.82) is 0 Å². The monoisotopic (exact) mass is 275 g/mol. The first kappa shape index (κ1) is 12.7. The number of amides is 1. The first-order valence-electron chi connectivity index (χ1n) is 6.76. The van der Waals surface area contributed by atoms with Crippen molar-refractivity contribution >= 4 is 29.1 Å². The van der Waals surface area contributed by atoms with Gasteiger partial charge in [0.05, 0.1) is 11.4 Å². The molecule has 100 valence electrons. The highest BCUT2D eigenvalue weighted by Gasteiger charge is 2.32. The van der Waals surface area contributed by atoms with Crippen molar-refractivity contribution in [3.8, 4) is 0 Å². The topological polar surface area (TPSA) is 37.4 Å². The average Bonchev–Trinajstić information content (AvgIpc) is 2.91. The minimum Gasteiger partial charge on any atom is -0.307 e. The van der Waals surface area contributed by atoms with Crippen LogP contribution in [0.5, 0.6) is 0 Å². The lowest BCUT2D eigenvalue weighted by Gasteiger charge is -2.34. The van der Waals surface area contributed by atoms with Crippen LogP contribution in [0.2, 0.25) is 0 Å². The maximum Gasteiger partial charge on any atom is 0.237 e. The molecule has 1 heterocycles. The third-order valence-corrected chi connectivity index (χ3v) is 4.98. The summed E-state index contributed by atoms with van der Waals surface area (Å²) in [6.07, 6.45) is 4.56. The van der Waals surface area contributed by atoms with Crippen LogP contribution < -0.4 is 4.90 Å². The first-order chi connectivity index (χ1) is 9.16. The highest BCUT2D eigenvalue weighted by atomic mass is 32.2. The van der Waals surface area contributed by atoms with E-state index in [-0.39, 0.29) is 11.7 Å². The number of benzene rings is 1. The molecule has 0 bridgehead atoms. The van der Waals surface area contributed by atoms with Crippen LogP contribution in [0.15, 0.2) is 23.1 Å². The largest absolute Gasteiger partial charge is 0.307 e. The molecule has 3 nitrogen and oxygen atoms in total. The summed E-state index contributed by atoms with van der Waals surface area (Å²) >= 11 is 1.58. The number of hydrogen-bond donors (Lipinski definition) is 0. The number of thioether (sulfide) groups is 1. The molecule has 1 aliphatic carbocycles. The molecule has 1 saturated carbocycles. The van der Waals surface area contributed by atoms with Crippen molar-refractivity contribution in [1.82, 2.24) is 0 Å². The van der Waals surface area contributed by atoms with E-state index in [1.807, 2.05) is 23.1 Å². The first-order valence-corrected chi connectivity index (χ1v) is 7.75. The summed E-state index contributed by atoms with van der Waals surface area (Å²) in [4.78, 5) is 26.8. The molecular formula is C15H17NO2S. The Morgan fingerprint density at radius 3 is 2.74 bits per heavy atom. The summed E-state index contributed by atoms with van der Waals surface area (Å²) in [6.45, 7) is 1.57. The van der Waals surface area contributed by atoms with Gasteiger partial charge in [0.1, 0.15) is 0 Å². The summed E-state index contributed by atoms with van der Waals surface area (Å²) in [5.74, 6) is 0.755. The van der Waals surface area contributed by atoms with Crippen molar-refractivity contribution in [2.24, 2.45) is 0 Å². The molecule has 2 aliphatic rings. The lowest BCUT2D eigenvalue weighted by Crippen LogP contribution is -2.42. The number of Topliss-reactive ketones (excluding diaryl/α,β-unsaturated/α-hetero) is 1. The SMILES string of the molecule is CC(=O)c1ccc2c(c1)N(C1CCCC1)C(=O)CS2. The summed E-state index contributed by atoms with van der Waals surface area (Å²) in [7, 11) is 0. The Morgan fingerprint density at radius 2 is 2.05 bits per heavy atom. The summed E-state index contributed by atoms with van der Waals surface area (Å²) in [5.41, 5.74) is 1.64. The lowest BCUT2D eigenvalue weighted by molar-refractivity contribution is -0.116. The number of carbonyl (C=O) groups is 2. The van der Waals surface area contributed by atoms with Gasteiger partial charge in [0.2, 0.25) is 5.91 Å². The smallest absolute Gasteiger partial charge is 0.237 e. The van der Waals surface area contributed by atoms with Crippen molar-refractivity contribution < 1.29 is 9.59 Å². The Hall–Kier alpha value is -1.29. The Balaban J connectivity index is 2.03. The van der Waals surface area contributed by atoms with Gasteiger partial charge in [-0.25, -0.2) is 0 Å². The molecule has 1 amide bonds. The van der Waals surface area contributed by atoms with Crippen LogP contribution >= 0.6 is 11.8 Å². The second kappa shape index (κ2) is 5.00. The second-order valence-electron chi connectivity index (χ2n) is 5.23. The zero-order valence-corrected chi connectivity index (χ0v) is 11.8. The normalized spacial score (nSPS) is 19.6. The van der Waals surface area contributed by atoms with Crippen LogP contribution in [0.3, 0.4) is 0 Å². The molecule has 0 atom stereocenters. The fourth-order valence-corrected chi connectivity index (χ4v) is 3.84. The predicted octanol–water partition coefficient (Wildman–Crippen LogP) is 3.27. The number of rotatable bonds is 2. The van der Waals surface area contributed by atoms with Crippen molar-refractivity contribution in [3.63, 3.8) is 0 Å². The number of anilines is 1. The van der Waals surface area contributed by atoms with Gasteiger partial charge in [-0.3, -0.25) is 9.59 Å². The highest BCUT2D eigenvalue weighted by Crippen LogP contribution is 2.40. The maximum atomic E-state index is 12.2. The van der Waals surface area contributed by atoms with E-state index in [0.29, 0.717) is 17.4 Å². The number of carbonyl (C=O) groups excluding carboxylic acids is 2. The molecule has 1 aliphatic heterocycles. The minimum atomic E-state index is 0.0530. The van der Waals surface area contributed by atoms with Crippen molar-refractivity contribution in [2.75, 3.05) is 10.7 Å². The molecule has 3 rings (SSSR count). The van der Waals surface area contributed by atoms with E-state index in [1.54, 1.807) is 18.7 Å². The van der Waals surface area contributed by atoms with Crippen molar-refractivity contribution in [2.45, 2.75) is 43.5 Å². The minimum absolute atomic E-state index is 0.0530. The van der Waals surface area contributed by atoms with E-state index in [0.717, 1.165) is 23.4 Å². The lowest BCUT2D eigenvalue weighted by atomic mass is 10.1. The van der Waals surface area contributed by atoms with E-state index in [2.05, 4.69) is 0 Å². The molecule has 0 radical (unpaired) electrons. The van der Waals surface area contributed by atoms with E-state index in [1.165, 1.54) is 12.8 Å². The molecule has 0 N–H and O–H groups in total. The van der Waals surface area contributed by atoms with Gasteiger partial charge in [0.15, 0.2) is 5.78 Å². The van der Waals surface area contributed by atoms with Gasteiger partial charge in [0.25, 0.3) is 0 Å². The van der Waals surface area contributed by atoms with E-state index in [4.69, 9.17) is 0 Å². The molecule has 0 saturated heterocycles. The van der Waals surface area contributed by atoms with Gasteiger partial charge in [-0.1, -0.05) is 18.9 Å². The Morgan fingerprint density at radius 1 is 1.32 bits per heavy atom. The summed E-state index contributed by atoms with van der Waals surface area (Å²) in [5, 5.41) is 0. The van der Waals surface area contributed by atoms with Gasteiger partial charge in [-0.05, 0) is 31.9 Å². The molecule has 4 heteroatoms. The molecule has 1 aromatic carbocycles. The molecule has 19 heavy (non-hydrogen) atoms. The Kier molecular flexibility index (Phi) is 3.35. The van der Waals surface area contributed by atoms with E-state index in [9.17, 15) is 9.59 Å². The number of ketones is 1. The number of fused-ring (bicyclic) bond motifs is 1. The fraction of sp³-hybridized carbons (Fsp3) is 0.467. The van der Waals surface area contributed by atoms with Gasteiger partial charge < -0.3 is 4.90 Å².